The van der Waals surface area contributed by atoms with Crippen LogP contribution in [-0.4, -0.2) is 6.61 Å². The average Bonchev–Trinajstić information content (AvgIpc) is 2.48. The van der Waals surface area contributed by atoms with Crippen molar-refractivity contribution in [2.75, 3.05) is 6.61 Å². The molecule has 0 aliphatic heterocycles. The van der Waals surface area contributed by atoms with Crippen LogP contribution < -0.4 is 4.74 Å². The van der Waals surface area contributed by atoms with E-state index in [1.807, 2.05) is 25.1 Å². The van der Waals surface area contributed by atoms with Crippen LogP contribution in [0.5, 0.6) is 5.06 Å². The summed E-state index contributed by atoms with van der Waals surface area (Å²) in [5.74, 6) is 0. The molecular weight excluding hydrogens is 284 g/mol. The Morgan fingerprint density at radius 2 is 2.29 bits per heavy atom. The van der Waals surface area contributed by atoms with Crippen molar-refractivity contribution >= 4 is 49.0 Å². The lowest BCUT2D eigenvalue weighted by Crippen LogP contribution is -1.87. The van der Waals surface area contributed by atoms with E-state index in [-0.39, 0.29) is 0 Å². The summed E-state index contributed by atoms with van der Waals surface area (Å²) in [7, 11) is 0. The third kappa shape index (κ3) is 1.64. The Balaban J connectivity index is 2.67. The molecule has 1 aromatic heterocycles. The molecule has 1 nitrogen and oxygen atoms in total. The van der Waals surface area contributed by atoms with Gasteiger partial charge >= 0.3 is 0 Å². The first kappa shape index (κ1) is 10.3. The van der Waals surface area contributed by atoms with Crippen molar-refractivity contribution in [3.8, 4) is 5.06 Å². The van der Waals surface area contributed by atoms with E-state index in [1.165, 1.54) is 0 Å². The lowest BCUT2D eigenvalue weighted by Gasteiger charge is -1.97. The normalized spacial score (nSPS) is 10.8. The van der Waals surface area contributed by atoms with Gasteiger partial charge in [-0.1, -0.05) is 35.1 Å². The molecule has 0 aliphatic rings. The monoisotopic (exact) mass is 290 g/mol. The van der Waals surface area contributed by atoms with E-state index < -0.39 is 0 Å². The Morgan fingerprint density at radius 1 is 1.50 bits per heavy atom. The van der Waals surface area contributed by atoms with E-state index in [4.69, 9.17) is 16.3 Å². The van der Waals surface area contributed by atoms with Crippen molar-refractivity contribution in [3.63, 3.8) is 0 Å². The van der Waals surface area contributed by atoms with Gasteiger partial charge in [0.15, 0.2) is 5.06 Å². The fourth-order valence-electron chi connectivity index (χ4n) is 1.26. The van der Waals surface area contributed by atoms with Crippen molar-refractivity contribution in [3.05, 3.63) is 27.7 Å². The maximum Gasteiger partial charge on any atom is 0.194 e. The summed E-state index contributed by atoms with van der Waals surface area (Å²) in [4.78, 5) is 0. The number of benzene rings is 1. The number of halogens is 2. The van der Waals surface area contributed by atoms with Crippen LogP contribution in [0.3, 0.4) is 0 Å². The molecule has 0 unspecified atom stereocenters. The van der Waals surface area contributed by atoms with Gasteiger partial charge in [0.05, 0.1) is 11.3 Å². The van der Waals surface area contributed by atoms with E-state index in [2.05, 4.69) is 15.9 Å². The van der Waals surface area contributed by atoms with Crippen LogP contribution in [-0.2, 0) is 0 Å². The first-order valence-electron chi connectivity index (χ1n) is 4.23. The van der Waals surface area contributed by atoms with Crippen LogP contribution in [0, 0.1) is 0 Å². The first-order chi connectivity index (χ1) is 6.74. The summed E-state index contributed by atoms with van der Waals surface area (Å²) in [5.41, 5.74) is 0. The van der Waals surface area contributed by atoms with E-state index in [0.717, 1.165) is 19.6 Å². The van der Waals surface area contributed by atoms with Gasteiger partial charge in [0.2, 0.25) is 0 Å². The van der Waals surface area contributed by atoms with Crippen molar-refractivity contribution in [1.29, 1.82) is 0 Å². The highest BCUT2D eigenvalue weighted by Gasteiger charge is 2.12. The Kier molecular flexibility index (Phi) is 3.00. The minimum atomic E-state index is 0.643. The molecule has 2 rings (SSSR count). The van der Waals surface area contributed by atoms with Crippen LogP contribution in [0.1, 0.15) is 6.92 Å². The standard InChI is InChI=1S/C10H8BrClOS/c1-2-13-10-8(12)6-4-3-5-7(11)9(6)14-10/h3-5H,2H2,1H3. The molecular formula is C10H8BrClOS. The summed E-state index contributed by atoms with van der Waals surface area (Å²) in [5, 5.41) is 2.57. The molecule has 0 radical (unpaired) electrons. The summed E-state index contributed by atoms with van der Waals surface area (Å²) in [6.07, 6.45) is 0. The number of thiophene rings is 1. The zero-order valence-corrected chi connectivity index (χ0v) is 10.7. The molecule has 0 amide bonds. The lowest BCUT2D eigenvalue weighted by atomic mass is 10.3. The molecule has 74 valence electrons. The van der Waals surface area contributed by atoms with Gasteiger partial charge in [0.25, 0.3) is 0 Å². The quantitative estimate of drug-likeness (QED) is 0.778. The zero-order valence-electron chi connectivity index (χ0n) is 7.51. The van der Waals surface area contributed by atoms with Gasteiger partial charge in [-0.05, 0) is 28.9 Å². The Labute approximate surface area is 99.8 Å². The summed E-state index contributed by atoms with van der Waals surface area (Å²) >= 11 is 11.2. The molecule has 0 saturated heterocycles. The van der Waals surface area contributed by atoms with E-state index in [1.54, 1.807) is 11.3 Å². The molecule has 4 heteroatoms. The minimum absolute atomic E-state index is 0.643. The van der Waals surface area contributed by atoms with Crippen LogP contribution in [0.15, 0.2) is 22.7 Å². The molecule has 14 heavy (non-hydrogen) atoms. The van der Waals surface area contributed by atoms with Crippen LogP contribution >= 0.6 is 38.9 Å². The van der Waals surface area contributed by atoms with Crippen LogP contribution in [0.4, 0.5) is 0 Å². The summed E-state index contributed by atoms with van der Waals surface area (Å²) in [6, 6.07) is 5.98. The van der Waals surface area contributed by atoms with Gasteiger partial charge in [0, 0.05) is 9.86 Å². The van der Waals surface area contributed by atoms with Gasteiger partial charge in [-0.2, -0.15) is 0 Å². The predicted octanol–water partition coefficient (Wildman–Crippen LogP) is 4.72. The van der Waals surface area contributed by atoms with Crippen molar-refractivity contribution < 1.29 is 4.74 Å². The van der Waals surface area contributed by atoms with Crippen molar-refractivity contribution in [1.82, 2.24) is 0 Å². The van der Waals surface area contributed by atoms with Gasteiger partial charge in [0.1, 0.15) is 5.02 Å². The maximum atomic E-state index is 6.17. The average molecular weight is 292 g/mol. The minimum Gasteiger partial charge on any atom is -0.483 e. The van der Waals surface area contributed by atoms with Crippen LogP contribution in [0.2, 0.25) is 5.02 Å². The molecule has 0 bridgehead atoms. The van der Waals surface area contributed by atoms with Crippen LogP contribution in [0.25, 0.3) is 10.1 Å². The maximum absolute atomic E-state index is 6.17. The summed E-state index contributed by atoms with van der Waals surface area (Å²) in [6.45, 7) is 2.60. The third-order valence-corrected chi connectivity index (χ3v) is 4.41. The molecule has 0 atom stereocenters. The van der Waals surface area contributed by atoms with E-state index >= 15 is 0 Å². The van der Waals surface area contributed by atoms with Gasteiger partial charge in [-0.15, -0.1) is 0 Å². The van der Waals surface area contributed by atoms with Gasteiger partial charge < -0.3 is 4.74 Å². The third-order valence-electron chi connectivity index (χ3n) is 1.85. The molecule has 1 heterocycles. The number of fused-ring (bicyclic) bond motifs is 1. The second-order valence-electron chi connectivity index (χ2n) is 2.75. The Morgan fingerprint density at radius 3 is 2.93 bits per heavy atom. The molecule has 0 saturated carbocycles. The zero-order chi connectivity index (χ0) is 10.1. The highest BCUT2D eigenvalue weighted by Crippen LogP contribution is 2.44. The fraction of sp³-hybridized carbons (Fsp3) is 0.200. The molecule has 0 N–H and O–H groups in total. The highest BCUT2D eigenvalue weighted by atomic mass is 79.9. The number of hydrogen-bond acceptors (Lipinski definition) is 2. The highest BCUT2D eigenvalue weighted by molar-refractivity contribution is 9.10. The summed E-state index contributed by atoms with van der Waals surface area (Å²) < 4.78 is 7.64. The lowest BCUT2D eigenvalue weighted by molar-refractivity contribution is 0.351. The SMILES string of the molecule is CCOc1sc2c(Br)cccc2c1Cl. The second kappa shape index (κ2) is 4.09. The molecule has 0 spiro atoms. The number of hydrogen-bond donors (Lipinski definition) is 0. The van der Waals surface area contributed by atoms with Gasteiger partial charge in [-0.25, -0.2) is 0 Å². The first-order valence-corrected chi connectivity index (χ1v) is 6.22. The Hall–Kier alpha value is -0.250. The molecule has 1 aromatic carbocycles. The fourth-order valence-corrected chi connectivity index (χ4v) is 3.26. The van der Waals surface area contributed by atoms with E-state index in [9.17, 15) is 0 Å². The predicted molar refractivity (Wildman–Crippen MR) is 65.7 cm³/mol. The number of rotatable bonds is 2. The van der Waals surface area contributed by atoms with Crippen molar-refractivity contribution in [2.24, 2.45) is 0 Å². The topological polar surface area (TPSA) is 9.23 Å². The molecule has 2 aromatic rings. The largest absolute Gasteiger partial charge is 0.483 e. The van der Waals surface area contributed by atoms with E-state index in [0.29, 0.717) is 11.6 Å². The molecule has 0 fully saturated rings. The van der Waals surface area contributed by atoms with Crippen molar-refractivity contribution in [2.45, 2.75) is 6.92 Å². The second-order valence-corrected chi connectivity index (χ2v) is 4.97. The molecule has 0 aliphatic carbocycles. The Bertz CT molecular complexity index is 466. The smallest absolute Gasteiger partial charge is 0.194 e. The van der Waals surface area contributed by atoms with Gasteiger partial charge in [-0.3, -0.25) is 0 Å². The number of ether oxygens (including phenoxy) is 1.